The molecule has 2 aliphatic heterocycles. The molecule has 2 aliphatic rings. The van der Waals surface area contributed by atoms with E-state index in [9.17, 15) is 5.11 Å². The van der Waals surface area contributed by atoms with Crippen LogP contribution in [0.3, 0.4) is 0 Å². The number of halogens is 4. The number of piperazine rings is 1. The Kier molecular flexibility index (Phi) is 9.46. The highest BCUT2D eigenvalue weighted by molar-refractivity contribution is 6.35. The first-order chi connectivity index (χ1) is 10.7. The molecule has 4 nitrogen and oxygen atoms in total. The zero-order valence-corrected chi connectivity index (χ0v) is 16.5. The molecule has 24 heavy (non-hydrogen) atoms. The molecule has 1 aromatic rings. The molecule has 0 spiro atoms. The smallest absolute Gasteiger partial charge is 0.123 e. The maximum absolute atomic E-state index is 10.5. The third kappa shape index (κ3) is 5.04. The molecule has 1 aromatic carbocycles. The van der Waals surface area contributed by atoms with Gasteiger partial charge in [0.1, 0.15) is 5.75 Å². The SMILES string of the molecule is Cl.Cl.Oc1cc(Cl)cc(Cl)c1[C@@H](C1CCOCC1)N1CCNCC1. The Balaban J connectivity index is 0.00000144. The van der Waals surface area contributed by atoms with Gasteiger partial charge in [0.15, 0.2) is 0 Å². The van der Waals surface area contributed by atoms with Gasteiger partial charge in [-0.05, 0) is 30.9 Å². The molecule has 0 aromatic heterocycles. The van der Waals surface area contributed by atoms with E-state index in [-0.39, 0.29) is 36.6 Å². The van der Waals surface area contributed by atoms with Crippen LogP contribution in [0, 0.1) is 5.92 Å². The van der Waals surface area contributed by atoms with Crippen molar-refractivity contribution in [1.82, 2.24) is 10.2 Å². The Morgan fingerprint density at radius 2 is 1.75 bits per heavy atom. The van der Waals surface area contributed by atoms with E-state index in [0.29, 0.717) is 16.0 Å². The molecular weight excluding hydrogens is 394 g/mol. The normalized spacial score (nSPS) is 20.8. The molecule has 0 amide bonds. The van der Waals surface area contributed by atoms with Gasteiger partial charge in [0, 0.05) is 56.0 Å². The minimum atomic E-state index is 0. The van der Waals surface area contributed by atoms with E-state index in [1.165, 1.54) is 0 Å². The molecule has 0 aliphatic carbocycles. The van der Waals surface area contributed by atoms with E-state index in [2.05, 4.69) is 10.2 Å². The second-order valence-corrected chi connectivity index (χ2v) is 6.84. The minimum Gasteiger partial charge on any atom is -0.508 e. The van der Waals surface area contributed by atoms with Crippen LogP contribution in [0.4, 0.5) is 0 Å². The number of hydrogen-bond acceptors (Lipinski definition) is 4. The van der Waals surface area contributed by atoms with Crippen molar-refractivity contribution < 1.29 is 9.84 Å². The van der Waals surface area contributed by atoms with Crippen molar-refractivity contribution in [3.8, 4) is 5.75 Å². The summed E-state index contributed by atoms with van der Waals surface area (Å²) in [6.45, 7) is 5.40. The van der Waals surface area contributed by atoms with Crippen LogP contribution in [0.15, 0.2) is 12.1 Å². The summed E-state index contributed by atoms with van der Waals surface area (Å²) in [5.74, 6) is 0.643. The fourth-order valence-electron chi connectivity index (χ4n) is 3.57. The topological polar surface area (TPSA) is 44.7 Å². The fourth-order valence-corrected chi connectivity index (χ4v) is 4.17. The van der Waals surface area contributed by atoms with E-state index in [0.717, 1.165) is 57.8 Å². The summed E-state index contributed by atoms with van der Waals surface area (Å²) in [5, 5.41) is 14.9. The van der Waals surface area contributed by atoms with Crippen LogP contribution in [0.5, 0.6) is 5.75 Å². The predicted molar refractivity (Wildman–Crippen MR) is 103 cm³/mol. The number of nitrogens with one attached hydrogen (secondary N) is 1. The fraction of sp³-hybridized carbons (Fsp3) is 0.625. The van der Waals surface area contributed by atoms with Crippen molar-refractivity contribution in [3.05, 3.63) is 27.7 Å². The zero-order valence-electron chi connectivity index (χ0n) is 13.3. The molecule has 2 heterocycles. The van der Waals surface area contributed by atoms with E-state index < -0.39 is 0 Å². The maximum Gasteiger partial charge on any atom is 0.123 e. The summed E-state index contributed by atoms with van der Waals surface area (Å²) in [4.78, 5) is 2.43. The van der Waals surface area contributed by atoms with Crippen LogP contribution >= 0.6 is 48.0 Å². The first-order valence-electron chi connectivity index (χ1n) is 7.87. The Morgan fingerprint density at radius 3 is 2.33 bits per heavy atom. The highest BCUT2D eigenvalue weighted by Gasteiger charge is 2.34. The van der Waals surface area contributed by atoms with E-state index in [4.69, 9.17) is 27.9 Å². The molecule has 138 valence electrons. The van der Waals surface area contributed by atoms with Gasteiger partial charge >= 0.3 is 0 Å². The van der Waals surface area contributed by atoms with Crippen LogP contribution in [-0.4, -0.2) is 49.4 Å². The molecule has 3 rings (SSSR count). The van der Waals surface area contributed by atoms with Crippen molar-refractivity contribution in [2.75, 3.05) is 39.4 Å². The summed E-state index contributed by atoms with van der Waals surface area (Å²) in [5.41, 5.74) is 0.819. The monoisotopic (exact) mass is 416 g/mol. The lowest BCUT2D eigenvalue weighted by molar-refractivity contribution is 0.0207. The molecule has 0 unspecified atom stereocenters. The minimum absolute atomic E-state index is 0. The van der Waals surface area contributed by atoms with Crippen molar-refractivity contribution >= 4 is 48.0 Å². The summed E-state index contributed by atoms with van der Waals surface area (Å²) in [6.07, 6.45) is 1.99. The highest BCUT2D eigenvalue weighted by Crippen LogP contribution is 2.43. The van der Waals surface area contributed by atoms with Gasteiger partial charge in [-0.3, -0.25) is 4.90 Å². The van der Waals surface area contributed by atoms with Crippen molar-refractivity contribution in [3.63, 3.8) is 0 Å². The predicted octanol–water partition coefficient (Wildman–Crippen LogP) is 3.92. The Bertz CT molecular complexity index is 480. The van der Waals surface area contributed by atoms with E-state index in [1.54, 1.807) is 12.1 Å². The Hall–Kier alpha value is 0.0600. The van der Waals surface area contributed by atoms with Crippen molar-refractivity contribution in [1.29, 1.82) is 0 Å². The van der Waals surface area contributed by atoms with E-state index >= 15 is 0 Å². The van der Waals surface area contributed by atoms with Crippen molar-refractivity contribution in [2.24, 2.45) is 5.92 Å². The third-order valence-electron chi connectivity index (χ3n) is 4.63. The van der Waals surface area contributed by atoms with Gasteiger partial charge in [0.05, 0.1) is 5.02 Å². The molecule has 2 saturated heterocycles. The number of rotatable bonds is 3. The van der Waals surface area contributed by atoms with Crippen LogP contribution in [0.1, 0.15) is 24.4 Å². The Morgan fingerprint density at radius 1 is 1.12 bits per heavy atom. The van der Waals surface area contributed by atoms with Gasteiger partial charge in [-0.25, -0.2) is 0 Å². The number of phenols is 1. The van der Waals surface area contributed by atoms with Gasteiger partial charge in [0.2, 0.25) is 0 Å². The van der Waals surface area contributed by atoms with Gasteiger partial charge in [-0.1, -0.05) is 23.2 Å². The Labute approximate surface area is 165 Å². The van der Waals surface area contributed by atoms with Crippen molar-refractivity contribution in [2.45, 2.75) is 18.9 Å². The van der Waals surface area contributed by atoms with Gasteiger partial charge in [-0.15, -0.1) is 24.8 Å². The second-order valence-electron chi connectivity index (χ2n) is 6.00. The van der Waals surface area contributed by atoms with Crippen LogP contribution in [0.25, 0.3) is 0 Å². The van der Waals surface area contributed by atoms with E-state index in [1.807, 2.05) is 0 Å². The highest BCUT2D eigenvalue weighted by atomic mass is 35.5. The number of phenolic OH excluding ortho intramolecular Hbond substituents is 1. The molecule has 0 bridgehead atoms. The molecule has 0 radical (unpaired) electrons. The zero-order chi connectivity index (χ0) is 15.5. The van der Waals surface area contributed by atoms with Crippen LogP contribution < -0.4 is 5.32 Å². The molecule has 2 fully saturated rings. The lowest BCUT2D eigenvalue weighted by Gasteiger charge is -2.41. The molecule has 2 N–H and O–H groups in total. The first-order valence-corrected chi connectivity index (χ1v) is 8.63. The molecular formula is C16H24Cl4N2O2. The van der Waals surface area contributed by atoms with Gasteiger partial charge in [0.25, 0.3) is 0 Å². The summed E-state index contributed by atoms with van der Waals surface area (Å²) < 4.78 is 5.51. The number of nitrogens with zero attached hydrogens (tertiary/aromatic N) is 1. The third-order valence-corrected chi connectivity index (χ3v) is 5.16. The lowest BCUT2D eigenvalue weighted by atomic mass is 9.85. The second kappa shape index (κ2) is 10.3. The number of ether oxygens (including phenoxy) is 1. The van der Waals surface area contributed by atoms with Crippen LogP contribution in [0.2, 0.25) is 10.0 Å². The summed E-state index contributed by atoms with van der Waals surface area (Å²) in [6, 6.07) is 3.44. The molecule has 1 atom stereocenters. The average Bonchev–Trinajstić information content (AvgIpc) is 2.52. The van der Waals surface area contributed by atoms with Gasteiger partial charge in [-0.2, -0.15) is 0 Å². The number of aromatic hydroxyl groups is 1. The average molecular weight is 418 g/mol. The molecule has 8 heteroatoms. The van der Waals surface area contributed by atoms with Crippen LogP contribution in [-0.2, 0) is 4.74 Å². The first kappa shape index (κ1) is 22.1. The standard InChI is InChI=1S/C16H22Cl2N2O2.2ClH/c17-12-9-13(18)15(14(21)10-12)16(11-1-7-22-8-2-11)20-5-3-19-4-6-20;;/h9-11,16,19,21H,1-8H2;2*1H/t16-;;/m1../s1. The number of benzene rings is 1. The maximum atomic E-state index is 10.5. The summed E-state index contributed by atoms with van der Waals surface area (Å²) >= 11 is 12.5. The quantitative estimate of drug-likeness (QED) is 0.782. The summed E-state index contributed by atoms with van der Waals surface area (Å²) in [7, 11) is 0. The largest absolute Gasteiger partial charge is 0.508 e. The number of hydrogen-bond donors (Lipinski definition) is 2. The van der Waals surface area contributed by atoms with Gasteiger partial charge < -0.3 is 15.2 Å². The molecule has 0 saturated carbocycles. The lowest BCUT2D eigenvalue weighted by Crippen LogP contribution is -2.47.